The normalized spacial score (nSPS) is 10.8. The summed E-state index contributed by atoms with van der Waals surface area (Å²) >= 11 is 0. The molecule has 0 saturated heterocycles. The fraction of sp³-hybridized carbons (Fsp3) is 0.211. The lowest BCUT2D eigenvalue weighted by Gasteiger charge is -2.07. The summed E-state index contributed by atoms with van der Waals surface area (Å²) in [4.78, 5) is 15.8. The second kappa shape index (κ2) is 7.17. The molecule has 1 aromatic heterocycles. The molecule has 0 unspecified atom stereocenters. The van der Waals surface area contributed by atoms with Gasteiger partial charge in [0, 0.05) is 11.3 Å². The van der Waals surface area contributed by atoms with Crippen LogP contribution in [0.15, 0.2) is 53.1 Å². The van der Waals surface area contributed by atoms with Crippen LogP contribution in [0.2, 0.25) is 0 Å². The molecule has 6 nitrogen and oxygen atoms in total. The second-order valence-corrected chi connectivity index (χ2v) is 6.05. The average molecular weight is 336 g/mol. The molecule has 0 spiro atoms. The highest BCUT2D eigenvalue weighted by molar-refractivity contribution is 5.98. The SMILES string of the molecule is CC(C)c1ccc(-c2noc(CNc3ccccc3C(N)=O)n2)cc1. The number of rotatable bonds is 6. The van der Waals surface area contributed by atoms with Crippen molar-refractivity contribution in [1.82, 2.24) is 10.1 Å². The van der Waals surface area contributed by atoms with Gasteiger partial charge in [0.15, 0.2) is 0 Å². The molecule has 6 heteroatoms. The van der Waals surface area contributed by atoms with Crippen molar-refractivity contribution in [2.45, 2.75) is 26.3 Å². The van der Waals surface area contributed by atoms with Gasteiger partial charge in [-0.3, -0.25) is 4.79 Å². The Morgan fingerprint density at radius 2 is 1.88 bits per heavy atom. The van der Waals surface area contributed by atoms with Crippen molar-refractivity contribution in [1.29, 1.82) is 0 Å². The maximum absolute atomic E-state index is 11.4. The van der Waals surface area contributed by atoms with E-state index >= 15 is 0 Å². The number of benzene rings is 2. The molecular formula is C19H20N4O2. The highest BCUT2D eigenvalue weighted by Crippen LogP contribution is 2.21. The third kappa shape index (κ3) is 3.85. The minimum Gasteiger partial charge on any atom is -0.375 e. The number of anilines is 1. The standard InChI is InChI=1S/C19H20N4O2/c1-12(2)13-7-9-14(10-8-13)19-22-17(25-23-19)11-21-16-6-4-3-5-15(16)18(20)24/h3-10,12,21H,11H2,1-2H3,(H2,20,24). The van der Waals surface area contributed by atoms with Crippen molar-refractivity contribution in [3.63, 3.8) is 0 Å². The highest BCUT2D eigenvalue weighted by Gasteiger charge is 2.11. The van der Waals surface area contributed by atoms with Gasteiger partial charge in [0.2, 0.25) is 11.7 Å². The number of para-hydroxylation sites is 1. The van der Waals surface area contributed by atoms with Crippen molar-refractivity contribution in [3.8, 4) is 11.4 Å². The van der Waals surface area contributed by atoms with E-state index in [4.69, 9.17) is 10.3 Å². The first-order valence-electron chi connectivity index (χ1n) is 8.10. The van der Waals surface area contributed by atoms with Gasteiger partial charge < -0.3 is 15.6 Å². The number of carbonyl (C=O) groups excluding carboxylic acids is 1. The number of carbonyl (C=O) groups is 1. The Morgan fingerprint density at radius 3 is 2.56 bits per heavy atom. The van der Waals surface area contributed by atoms with E-state index in [-0.39, 0.29) is 0 Å². The third-order valence-electron chi connectivity index (χ3n) is 3.93. The monoisotopic (exact) mass is 336 g/mol. The van der Waals surface area contributed by atoms with Crippen molar-refractivity contribution in [3.05, 3.63) is 65.5 Å². The summed E-state index contributed by atoms with van der Waals surface area (Å²) in [7, 11) is 0. The zero-order chi connectivity index (χ0) is 17.8. The quantitative estimate of drug-likeness (QED) is 0.717. The topological polar surface area (TPSA) is 94.0 Å². The Labute approximate surface area is 146 Å². The zero-order valence-corrected chi connectivity index (χ0v) is 14.2. The van der Waals surface area contributed by atoms with Crippen molar-refractivity contribution in [2.75, 3.05) is 5.32 Å². The number of aromatic nitrogens is 2. The van der Waals surface area contributed by atoms with Crippen LogP contribution in [0.3, 0.4) is 0 Å². The van der Waals surface area contributed by atoms with E-state index < -0.39 is 5.91 Å². The molecule has 3 N–H and O–H groups in total. The number of primary amides is 1. The van der Waals surface area contributed by atoms with Crippen LogP contribution in [0.5, 0.6) is 0 Å². The summed E-state index contributed by atoms with van der Waals surface area (Å²) in [6.45, 7) is 4.61. The minimum absolute atomic E-state index is 0.307. The fourth-order valence-electron chi connectivity index (χ4n) is 2.48. The first kappa shape index (κ1) is 16.7. The molecule has 0 radical (unpaired) electrons. The largest absolute Gasteiger partial charge is 0.375 e. The van der Waals surface area contributed by atoms with Crippen LogP contribution in [-0.2, 0) is 6.54 Å². The van der Waals surface area contributed by atoms with Gasteiger partial charge in [-0.05, 0) is 23.6 Å². The van der Waals surface area contributed by atoms with Crippen LogP contribution in [0.1, 0.15) is 41.6 Å². The third-order valence-corrected chi connectivity index (χ3v) is 3.93. The van der Waals surface area contributed by atoms with Crippen LogP contribution >= 0.6 is 0 Å². The van der Waals surface area contributed by atoms with Gasteiger partial charge in [-0.1, -0.05) is 55.4 Å². The van der Waals surface area contributed by atoms with Crippen molar-refractivity contribution < 1.29 is 9.32 Å². The van der Waals surface area contributed by atoms with E-state index in [2.05, 4.69) is 41.4 Å². The number of nitrogens with zero attached hydrogens (tertiary/aromatic N) is 2. The lowest BCUT2D eigenvalue weighted by atomic mass is 10.0. The summed E-state index contributed by atoms with van der Waals surface area (Å²) < 4.78 is 5.28. The Morgan fingerprint density at radius 1 is 1.16 bits per heavy atom. The van der Waals surface area contributed by atoms with E-state index in [1.165, 1.54) is 5.56 Å². The van der Waals surface area contributed by atoms with Gasteiger partial charge in [-0.25, -0.2) is 0 Å². The van der Waals surface area contributed by atoms with Crippen molar-refractivity contribution in [2.24, 2.45) is 5.73 Å². The first-order chi connectivity index (χ1) is 12.0. The van der Waals surface area contributed by atoms with Crippen LogP contribution in [-0.4, -0.2) is 16.0 Å². The molecule has 0 bridgehead atoms. The molecule has 0 saturated carbocycles. The summed E-state index contributed by atoms with van der Waals surface area (Å²) in [5.41, 5.74) is 8.59. The molecule has 128 valence electrons. The molecule has 0 aliphatic carbocycles. The molecule has 0 atom stereocenters. The van der Waals surface area contributed by atoms with Gasteiger partial charge in [0.05, 0.1) is 12.1 Å². The van der Waals surface area contributed by atoms with Gasteiger partial charge in [-0.2, -0.15) is 4.98 Å². The van der Waals surface area contributed by atoms with Gasteiger partial charge in [0.25, 0.3) is 5.91 Å². The Hall–Kier alpha value is -3.15. The molecule has 25 heavy (non-hydrogen) atoms. The van der Waals surface area contributed by atoms with E-state index in [0.717, 1.165) is 5.56 Å². The Kier molecular flexibility index (Phi) is 4.79. The predicted octanol–water partition coefficient (Wildman–Crippen LogP) is 3.57. The summed E-state index contributed by atoms with van der Waals surface area (Å²) in [6.07, 6.45) is 0. The van der Waals surface area contributed by atoms with Crippen molar-refractivity contribution >= 4 is 11.6 Å². The van der Waals surface area contributed by atoms with Crippen LogP contribution in [0.25, 0.3) is 11.4 Å². The molecule has 0 fully saturated rings. The molecule has 3 aromatic rings. The van der Waals surface area contributed by atoms with Crippen LogP contribution < -0.4 is 11.1 Å². The molecule has 1 amide bonds. The summed E-state index contributed by atoms with van der Waals surface area (Å²) in [5, 5.41) is 7.12. The van der Waals surface area contributed by atoms with E-state index in [1.54, 1.807) is 18.2 Å². The lowest BCUT2D eigenvalue weighted by molar-refractivity contribution is 0.100. The molecule has 0 aliphatic rings. The minimum atomic E-state index is -0.487. The Bertz CT molecular complexity index is 869. The van der Waals surface area contributed by atoms with Crippen LogP contribution in [0, 0.1) is 0 Å². The van der Waals surface area contributed by atoms with Gasteiger partial charge in [-0.15, -0.1) is 0 Å². The predicted molar refractivity (Wildman–Crippen MR) is 96.1 cm³/mol. The number of nitrogens with one attached hydrogen (secondary N) is 1. The lowest BCUT2D eigenvalue weighted by Crippen LogP contribution is -2.14. The summed E-state index contributed by atoms with van der Waals surface area (Å²) in [6, 6.07) is 15.1. The average Bonchev–Trinajstić information content (AvgIpc) is 3.09. The maximum atomic E-state index is 11.4. The van der Waals surface area contributed by atoms with Gasteiger partial charge >= 0.3 is 0 Å². The first-order valence-corrected chi connectivity index (χ1v) is 8.10. The summed E-state index contributed by atoms with van der Waals surface area (Å²) in [5.74, 6) is 0.960. The van der Waals surface area contributed by atoms with E-state index in [1.807, 2.05) is 18.2 Å². The fourth-order valence-corrected chi connectivity index (χ4v) is 2.48. The van der Waals surface area contributed by atoms with E-state index in [0.29, 0.717) is 35.4 Å². The van der Waals surface area contributed by atoms with Gasteiger partial charge in [0.1, 0.15) is 0 Å². The number of amides is 1. The number of nitrogens with two attached hydrogens (primary N) is 1. The highest BCUT2D eigenvalue weighted by atomic mass is 16.5. The second-order valence-electron chi connectivity index (χ2n) is 6.05. The molecule has 2 aromatic carbocycles. The maximum Gasteiger partial charge on any atom is 0.250 e. The zero-order valence-electron chi connectivity index (χ0n) is 14.2. The van der Waals surface area contributed by atoms with Crippen LogP contribution in [0.4, 0.5) is 5.69 Å². The Balaban J connectivity index is 1.71. The molecule has 1 heterocycles. The molecule has 0 aliphatic heterocycles. The molecule has 3 rings (SSSR count). The van der Waals surface area contributed by atoms with E-state index in [9.17, 15) is 4.79 Å². The smallest absolute Gasteiger partial charge is 0.250 e. The number of hydrogen-bond acceptors (Lipinski definition) is 5. The number of hydrogen-bond donors (Lipinski definition) is 2. The molecular weight excluding hydrogens is 316 g/mol.